The van der Waals surface area contributed by atoms with E-state index in [2.05, 4.69) is 65.9 Å². The molecule has 6 rings (SSSR count). The molecule has 1 N–H and O–H groups in total. The maximum Gasteiger partial charge on any atom is 0.140 e. The van der Waals surface area contributed by atoms with E-state index < -0.39 is 0 Å². The molecule has 0 saturated heterocycles. The van der Waals surface area contributed by atoms with Crippen molar-refractivity contribution in [1.29, 1.82) is 0 Å². The number of benzene rings is 2. The van der Waals surface area contributed by atoms with Gasteiger partial charge in [0.05, 0.1) is 4.88 Å². The van der Waals surface area contributed by atoms with Crippen LogP contribution in [0.3, 0.4) is 0 Å². The highest BCUT2D eigenvalue weighted by molar-refractivity contribution is 7.13. The lowest BCUT2D eigenvalue weighted by Crippen LogP contribution is -2.05. The first-order valence-electron chi connectivity index (χ1n) is 10.7. The summed E-state index contributed by atoms with van der Waals surface area (Å²) >= 11 is 1.58. The van der Waals surface area contributed by atoms with E-state index in [9.17, 15) is 4.39 Å². The number of halogens is 1. The van der Waals surface area contributed by atoms with Gasteiger partial charge >= 0.3 is 0 Å². The Kier molecular flexibility index (Phi) is 5.45. The molecule has 3 nitrogen and oxygen atoms in total. The summed E-state index contributed by atoms with van der Waals surface area (Å²) in [5.74, 6) is 3.40. The Balaban J connectivity index is 0.000000324. The van der Waals surface area contributed by atoms with Gasteiger partial charge in [0.2, 0.25) is 0 Å². The van der Waals surface area contributed by atoms with E-state index in [-0.39, 0.29) is 5.82 Å². The Morgan fingerprint density at radius 3 is 2.42 bits per heavy atom. The maximum atomic E-state index is 13.2. The molecule has 5 heteroatoms. The lowest BCUT2D eigenvalue weighted by molar-refractivity contribution is 0.627. The lowest BCUT2D eigenvalue weighted by atomic mass is 10.2. The Morgan fingerprint density at radius 1 is 1.03 bits per heavy atom. The van der Waals surface area contributed by atoms with Crippen molar-refractivity contribution in [2.75, 3.05) is 5.32 Å². The molecular weight excluding hydrogens is 429 g/mol. The molecule has 0 amide bonds. The van der Waals surface area contributed by atoms with Crippen molar-refractivity contribution < 1.29 is 4.39 Å². The molecule has 2 aliphatic rings. The first kappa shape index (κ1) is 21.0. The van der Waals surface area contributed by atoms with Gasteiger partial charge in [-0.15, -0.1) is 17.8 Å². The van der Waals surface area contributed by atoms with Crippen LogP contribution in [0.1, 0.15) is 22.4 Å². The second kappa shape index (κ2) is 8.57. The van der Waals surface area contributed by atoms with Crippen molar-refractivity contribution in [3.8, 4) is 34.0 Å². The number of rotatable bonds is 4. The first-order valence-corrected chi connectivity index (χ1v) is 11.5. The number of pyridine rings is 1. The second-order valence-electron chi connectivity index (χ2n) is 8.05. The zero-order valence-electron chi connectivity index (χ0n) is 18.4. The summed E-state index contributed by atoms with van der Waals surface area (Å²) in [7, 11) is 0. The van der Waals surface area contributed by atoms with Crippen LogP contribution in [-0.2, 0) is 6.54 Å². The van der Waals surface area contributed by atoms with Crippen molar-refractivity contribution >= 4 is 22.8 Å². The van der Waals surface area contributed by atoms with E-state index in [1.807, 2.05) is 11.4 Å². The third-order valence-corrected chi connectivity index (χ3v) is 6.49. The molecule has 0 spiro atoms. The van der Waals surface area contributed by atoms with Gasteiger partial charge in [-0.3, -0.25) is 4.40 Å². The minimum absolute atomic E-state index is 0.238. The van der Waals surface area contributed by atoms with Crippen LogP contribution >= 0.6 is 11.3 Å². The molecule has 0 fully saturated rings. The highest BCUT2D eigenvalue weighted by Crippen LogP contribution is 2.36. The number of nitrogens with zero attached hydrogens (tertiary/aromatic N) is 2. The van der Waals surface area contributed by atoms with Crippen LogP contribution in [0.4, 0.5) is 10.2 Å². The fourth-order valence-corrected chi connectivity index (χ4v) is 4.77. The van der Waals surface area contributed by atoms with Gasteiger partial charge in [-0.2, -0.15) is 0 Å². The predicted octanol–water partition coefficient (Wildman–Crippen LogP) is 7.08. The van der Waals surface area contributed by atoms with Crippen LogP contribution in [-0.4, -0.2) is 9.38 Å². The molecule has 0 atom stereocenters. The number of anilines is 1. The van der Waals surface area contributed by atoms with Crippen LogP contribution in [0.15, 0.2) is 72.1 Å². The molecule has 0 radical (unpaired) electrons. The fourth-order valence-electron chi connectivity index (χ4n) is 3.92. The van der Waals surface area contributed by atoms with Crippen LogP contribution in [0.2, 0.25) is 0 Å². The predicted molar refractivity (Wildman–Crippen MR) is 135 cm³/mol. The Hall–Kier alpha value is -3.88. The van der Waals surface area contributed by atoms with Gasteiger partial charge in [-0.1, -0.05) is 36.3 Å². The fraction of sp³-hybridized carbons (Fsp3) is 0.107. The molecule has 0 unspecified atom stereocenters. The molecular formula is C28H22FN3S. The number of hydrogen-bond acceptors (Lipinski definition) is 3. The average molecular weight is 452 g/mol. The summed E-state index contributed by atoms with van der Waals surface area (Å²) in [6.45, 7) is 4.68. The zero-order valence-corrected chi connectivity index (χ0v) is 19.2. The van der Waals surface area contributed by atoms with Crippen molar-refractivity contribution in [1.82, 2.24) is 9.38 Å². The zero-order chi connectivity index (χ0) is 22.9. The normalized spacial score (nSPS) is 11.0. The highest BCUT2D eigenvalue weighted by atomic mass is 32.1. The van der Waals surface area contributed by atoms with E-state index >= 15 is 0 Å². The minimum Gasteiger partial charge on any atom is -0.365 e. The van der Waals surface area contributed by atoms with Crippen molar-refractivity contribution in [3.05, 3.63) is 100 Å². The smallest absolute Gasteiger partial charge is 0.140 e. The number of hydrogen-bond donors (Lipinski definition) is 1. The molecule has 3 aromatic heterocycles. The Bertz CT molecular complexity index is 1490. The van der Waals surface area contributed by atoms with Gasteiger partial charge in [-0.25, -0.2) is 9.37 Å². The van der Waals surface area contributed by atoms with Crippen LogP contribution in [0.5, 0.6) is 0 Å². The second-order valence-corrected chi connectivity index (χ2v) is 8.96. The van der Waals surface area contributed by atoms with Crippen LogP contribution in [0.25, 0.3) is 27.3 Å². The summed E-state index contributed by atoms with van der Waals surface area (Å²) in [4.78, 5) is 5.84. The third-order valence-electron chi connectivity index (χ3n) is 5.57. The highest BCUT2D eigenvalue weighted by Gasteiger charge is 2.19. The van der Waals surface area contributed by atoms with E-state index in [4.69, 9.17) is 11.4 Å². The number of imidazole rings is 1. The molecule has 3 heterocycles. The van der Waals surface area contributed by atoms with Crippen LogP contribution < -0.4 is 5.32 Å². The SMILES string of the molecule is C#Cc1ccsc1-c1nc2cc(C)cc(C)n2c1NCc1ccc(F)cc1.c1cc2cc-2c1. The van der Waals surface area contributed by atoms with Crippen molar-refractivity contribution in [2.24, 2.45) is 0 Å². The standard InChI is InChI=1S/C22H18FN3S.C6H4/c1-4-17-9-10-27-21(17)20-22(24-13-16-5-7-18(23)8-6-16)26-15(3)11-14(2)12-19(26)25-20;1-2-5-4-6(5)3-1/h1,5-12,24H,13H2,2-3H3;1-4H. The number of aromatic nitrogens is 2. The first-order chi connectivity index (χ1) is 16.0. The van der Waals surface area contributed by atoms with Crippen molar-refractivity contribution in [3.63, 3.8) is 0 Å². The molecule has 4 aromatic rings. The quantitative estimate of drug-likeness (QED) is 0.290. The summed E-state index contributed by atoms with van der Waals surface area (Å²) in [5, 5.41) is 5.47. The summed E-state index contributed by atoms with van der Waals surface area (Å²) in [6, 6.07) is 21.1. The number of thiophene rings is 1. The molecule has 0 aliphatic heterocycles. The minimum atomic E-state index is -0.238. The van der Waals surface area contributed by atoms with Crippen LogP contribution in [0, 0.1) is 32.0 Å². The molecule has 0 saturated carbocycles. The van der Waals surface area contributed by atoms with Gasteiger partial charge in [0, 0.05) is 17.8 Å². The van der Waals surface area contributed by atoms with E-state index in [0.29, 0.717) is 6.54 Å². The number of terminal acetylenes is 1. The largest absolute Gasteiger partial charge is 0.365 e. The average Bonchev–Trinajstić information content (AvgIpc) is 3.17. The number of nitrogens with one attached hydrogen (secondary N) is 1. The molecule has 33 heavy (non-hydrogen) atoms. The third kappa shape index (κ3) is 4.26. The Labute approximate surface area is 196 Å². The van der Waals surface area contributed by atoms with Gasteiger partial charge in [-0.05, 0) is 77.9 Å². The molecule has 1 aromatic carbocycles. The van der Waals surface area contributed by atoms with E-state index in [1.54, 1.807) is 23.5 Å². The van der Waals surface area contributed by atoms with Gasteiger partial charge in [0.1, 0.15) is 23.0 Å². The Morgan fingerprint density at radius 2 is 1.79 bits per heavy atom. The molecule has 162 valence electrons. The van der Waals surface area contributed by atoms with Gasteiger partial charge in [0.15, 0.2) is 0 Å². The van der Waals surface area contributed by atoms with Gasteiger partial charge < -0.3 is 5.32 Å². The van der Waals surface area contributed by atoms with E-state index in [1.165, 1.54) is 23.3 Å². The van der Waals surface area contributed by atoms with Gasteiger partial charge in [0.25, 0.3) is 0 Å². The molecule has 2 aliphatic carbocycles. The monoisotopic (exact) mass is 451 g/mol. The molecule has 0 bridgehead atoms. The lowest BCUT2D eigenvalue weighted by Gasteiger charge is -2.11. The number of fused-ring (bicyclic) bond motifs is 2. The number of aryl methyl sites for hydroxylation is 2. The van der Waals surface area contributed by atoms with E-state index in [0.717, 1.165) is 44.4 Å². The summed E-state index contributed by atoms with van der Waals surface area (Å²) in [5.41, 5.74) is 8.64. The maximum absolute atomic E-state index is 13.2. The topological polar surface area (TPSA) is 29.3 Å². The summed E-state index contributed by atoms with van der Waals surface area (Å²) in [6.07, 6.45) is 5.68. The summed E-state index contributed by atoms with van der Waals surface area (Å²) < 4.78 is 15.3. The van der Waals surface area contributed by atoms with Crippen molar-refractivity contribution in [2.45, 2.75) is 20.4 Å².